The van der Waals surface area contributed by atoms with Gasteiger partial charge in [-0.3, -0.25) is 0 Å². The van der Waals surface area contributed by atoms with Crippen molar-refractivity contribution in [1.29, 1.82) is 0 Å². The van der Waals surface area contributed by atoms with Crippen LogP contribution in [0.3, 0.4) is 0 Å². The lowest BCUT2D eigenvalue weighted by Crippen LogP contribution is -2.04. The number of rotatable bonds is 1. The fourth-order valence-electron chi connectivity index (χ4n) is 2.00. The highest BCUT2D eigenvalue weighted by molar-refractivity contribution is 6.01. The van der Waals surface area contributed by atoms with E-state index in [0.717, 1.165) is 0 Å². The molecule has 0 bridgehead atoms. The average molecular weight is 257 g/mol. The van der Waals surface area contributed by atoms with Crippen LogP contribution in [0.2, 0.25) is 0 Å². The maximum absolute atomic E-state index is 10.8. The molecule has 0 saturated carbocycles. The van der Waals surface area contributed by atoms with Crippen LogP contribution in [-0.2, 0) is 0 Å². The maximum Gasteiger partial charge on any atom is 0.511 e. The number of pyridine rings is 1. The minimum absolute atomic E-state index is 0. The van der Waals surface area contributed by atoms with Gasteiger partial charge in [0.25, 0.3) is 0 Å². The smallest absolute Gasteiger partial charge is 0.449 e. The number of nitrogens with zero attached hydrogens (tertiary/aromatic N) is 1. The van der Waals surface area contributed by atoms with Crippen molar-refractivity contribution < 1.29 is 20.1 Å². The van der Waals surface area contributed by atoms with Crippen LogP contribution in [-0.4, -0.2) is 21.7 Å². The van der Waals surface area contributed by atoms with E-state index in [1.807, 2.05) is 36.4 Å². The van der Waals surface area contributed by atoms with Crippen molar-refractivity contribution in [2.45, 2.75) is 0 Å². The minimum Gasteiger partial charge on any atom is -0.449 e. The Kier molecular flexibility index (Phi) is 3.31. The highest BCUT2D eigenvalue weighted by atomic mass is 16.7. The molecule has 3 N–H and O–H groups in total. The van der Waals surface area contributed by atoms with Crippen LogP contribution in [0.4, 0.5) is 4.79 Å². The van der Waals surface area contributed by atoms with Gasteiger partial charge in [-0.25, -0.2) is 9.78 Å². The number of carboxylic acid groups (broad SMARTS) is 1. The van der Waals surface area contributed by atoms with Gasteiger partial charge in [-0.05, 0) is 24.3 Å². The molecule has 0 aliphatic rings. The summed E-state index contributed by atoms with van der Waals surface area (Å²) in [6, 6.07) is 14.6. The van der Waals surface area contributed by atoms with Crippen molar-refractivity contribution in [3.05, 3.63) is 48.5 Å². The molecular weight excluding hydrogens is 246 g/mol. The Morgan fingerprint density at radius 2 is 1.42 bits per heavy atom. The van der Waals surface area contributed by atoms with Gasteiger partial charge in [-0.15, -0.1) is 0 Å². The third-order valence-electron chi connectivity index (χ3n) is 2.73. The fraction of sp³-hybridized carbons (Fsp3) is 0. The second-order valence-corrected chi connectivity index (χ2v) is 3.84. The standard InChI is InChI=1S/C14H9NO3.H2O/c16-14(17)18-13-9-5-1-3-7-11(9)15-12-8-4-2-6-10(12)13;/h1-8H,(H,16,17);1H2. The largest absolute Gasteiger partial charge is 0.511 e. The number of fused-ring (bicyclic) bond motifs is 2. The average Bonchev–Trinajstić information content (AvgIpc) is 2.38. The molecule has 0 saturated heterocycles. The number of hydrogen-bond donors (Lipinski definition) is 1. The molecule has 3 aromatic rings. The van der Waals surface area contributed by atoms with Crippen molar-refractivity contribution in [2.75, 3.05) is 0 Å². The van der Waals surface area contributed by atoms with Crippen LogP contribution in [0.15, 0.2) is 48.5 Å². The van der Waals surface area contributed by atoms with Gasteiger partial charge in [0.15, 0.2) is 5.75 Å². The third-order valence-corrected chi connectivity index (χ3v) is 2.73. The van der Waals surface area contributed by atoms with E-state index in [1.165, 1.54) is 0 Å². The van der Waals surface area contributed by atoms with Gasteiger partial charge in [-0.1, -0.05) is 24.3 Å². The highest BCUT2D eigenvalue weighted by Gasteiger charge is 2.12. The zero-order valence-corrected chi connectivity index (χ0v) is 9.83. The molecule has 0 fully saturated rings. The van der Waals surface area contributed by atoms with E-state index in [4.69, 9.17) is 9.84 Å². The molecular formula is C14H11NO4. The summed E-state index contributed by atoms with van der Waals surface area (Å²) >= 11 is 0. The summed E-state index contributed by atoms with van der Waals surface area (Å²) in [5, 5.41) is 10.2. The van der Waals surface area contributed by atoms with Crippen LogP contribution in [0.25, 0.3) is 21.8 Å². The van der Waals surface area contributed by atoms with E-state index in [-0.39, 0.29) is 5.48 Å². The Balaban J connectivity index is 0.00000133. The summed E-state index contributed by atoms with van der Waals surface area (Å²) in [6.45, 7) is 0. The Hall–Kier alpha value is -2.66. The monoisotopic (exact) mass is 257 g/mol. The van der Waals surface area contributed by atoms with Gasteiger partial charge in [0.2, 0.25) is 0 Å². The first-order chi connectivity index (χ1) is 8.75. The molecule has 5 nitrogen and oxygen atoms in total. The van der Waals surface area contributed by atoms with E-state index < -0.39 is 6.16 Å². The maximum atomic E-state index is 10.8. The van der Waals surface area contributed by atoms with Crippen molar-refractivity contribution in [3.8, 4) is 5.75 Å². The van der Waals surface area contributed by atoms with Crippen LogP contribution in [0.1, 0.15) is 0 Å². The van der Waals surface area contributed by atoms with Gasteiger partial charge in [-0.2, -0.15) is 0 Å². The van der Waals surface area contributed by atoms with Crippen LogP contribution in [0.5, 0.6) is 5.75 Å². The second kappa shape index (κ2) is 4.91. The van der Waals surface area contributed by atoms with Gasteiger partial charge >= 0.3 is 6.16 Å². The molecule has 0 radical (unpaired) electrons. The third kappa shape index (κ3) is 2.19. The lowest BCUT2D eigenvalue weighted by molar-refractivity contribution is 0.145. The molecule has 5 heteroatoms. The zero-order chi connectivity index (χ0) is 12.5. The Morgan fingerprint density at radius 3 is 1.89 bits per heavy atom. The summed E-state index contributed by atoms with van der Waals surface area (Å²) in [7, 11) is 0. The van der Waals surface area contributed by atoms with Crippen molar-refractivity contribution in [2.24, 2.45) is 0 Å². The molecule has 2 aromatic carbocycles. The predicted molar refractivity (Wildman–Crippen MR) is 71.5 cm³/mol. The molecule has 0 unspecified atom stereocenters. The molecule has 3 rings (SSSR count). The molecule has 0 amide bonds. The number of aromatic nitrogens is 1. The van der Waals surface area contributed by atoms with Gasteiger partial charge in [0.1, 0.15) is 0 Å². The number of ether oxygens (including phenoxy) is 1. The normalized spacial score (nSPS) is 10.1. The number of carbonyl (C=O) groups is 1. The zero-order valence-electron chi connectivity index (χ0n) is 9.83. The van der Waals surface area contributed by atoms with Crippen molar-refractivity contribution in [1.82, 2.24) is 4.98 Å². The number of benzene rings is 2. The SMILES string of the molecule is O.O=C(O)Oc1c2ccccc2nc2ccccc12. The minimum atomic E-state index is -1.32. The fourth-order valence-corrected chi connectivity index (χ4v) is 2.00. The molecule has 1 heterocycles. The molecule has 0 aliphatic heterocycles. The molecule has 0 aliphatic carbocycles. The van der Waals surface area contributed by atoms with E-state index in [9.17, 15) is 4.79 Å². The lowest BCUT2D eigenvalue weighted by Gasteiger charge is -2.08. The van der Waals surface area contributed by atoms with Gasteiger partial charge < -0.3 is 15.3 Å². The van der Waals surface area contributed by atoms with E-state index in [1.54, 1.807) is 12.1 Å². The van der Waals surface area contributed by atoms with Crippen LogP contribution in [0, 0.1) is 0 Å². The summed E-state index contributed by atoms with van der Waals surface area (Å²) in [4.78, 5) is 15.3. The van der Waals surface area contributed by atoms with E-state index >= 15 is 0 Å². The first kappa shape index (κ1) is 12.8. The predicted octanol–water partition coefficient (Wildman–Crippen LogP) is 2.62. The Bertz CT molecular complexity index is 701. The Morgan fingerprint density at radius 1 is 0.947 bits per heavy atom. The van der Waals surface area contributed by atoms with Crippen LogP contribution < -0.4 is 4.74 Å². The summed E-state index contributed by atoms with van der Waals surface area (Å²) in [6.07, 6.45) is -1.32. The van der Waals surface area contributed by atoms with Crippen molar-refractivity contribution in [3.63, 3.8) is 0 Å². The van der Waals surface area contributed by atoms with Crippen LogP contribution >= 0.6 is 0 Å². The number of hydrogen-bond acceptors (Lipinski definition) is 3. The molecule has 1 aromatic heterocycles. The highest BCUT2D eigenvalue weighted by Crippen LogP contribution is 2.32. The summed E-state index contributed by atoms with van der Waals surface area (Å²) in [5.41, 5.74) is 1.43. The topological polar surface area (TPSA) is 90.9 Å². The van der Waals surface area contributed by atoms with Gasteiger partial charge in [0, 0.05) is 10.8 Å². The summed E-state index contributed by atoms with van der Waals surface area (Å²) in [5.74, 6) is 0.337. The molecule has 0 atom stereocenters. The first-order valence-corrected chi connectivity index (χ1v) is 5.44. The molecule has 0 spiro atoms. The van der Waals surface area contributed by atoms with E-state index in [0.29, 0.717) is 27.6 Å². The quantitative estimate of drug-likeness (QED) is 0.535. The second-order valence-electron chi connectivity index (χ2n) is 3.84. The van der Waals surface area contributed by atoms with Crippen molar-refractivity contribution >= 4 is 28.0 Å². The number of para-hydroxylation sites is 2. The lowest BCUT2D eigenvalue weighted by atomic mass is 10.1. The Labute approximate surface area is 108 Å². The van der Waals surface area contributed by atoms with E-state index in [2.05, 4.69) is 4.98 Å². The first-order valence-electron chi connectivity index (χ1n) is 5.44. The summed E-state index contributed by atoms with van der Waals surface area (Å²) < 4.78 is 4.92. The molecule has 96 valence electrons. The van der Waals surface area contributed by atoms with Gasteiger partial charge in [0.05, 0.1) is 11.0 Å². The molecule has 19 heavy (non-hydrogen) atoms.